The minimum absolute atomic E-state index is 0.00215. The van der Waals surface area contributed by atoms with Crippen molar-refractivity contribution in [2.75, 3.05) is 26.4 Å². The second-order valence-corrected chi connectivity index (χ2v) is 29.7. The molecule has 0 bridgehead atoms. The van der Waals surface area contributed by atoms with Crippen LogP contribution in [-0.4, -0.2) is 58.7 Å². The summed E-state index contributed by atoms with van der Waals surface area (Å²) >= 11 is 11.9. The lowest BCUT2D eigenvalue weighted by molar-refractivity contribution is -0.158. The molecule has 0 amide bonds. The summed E-state index contributed by atoms with van der Waals surface area (Å²) in [6, 6.07) is 8.02. The third kappa shape index (κ3) is 30.4. The Morgan fingerprint density at radius 3 is 0.926 bits per heavy atom. The molecule has 2 rings (SSSR count). The summed E-state index contributed by atoms with van der Waals surface area (Å²) in [7, 11) is 0. The minimum atomic E-state index is -1.15. The standard InChI is InChI=1S/C71H120O8S2/c1-17-19-21-23-25-27-29-31-33-35-37-53(3)43-63(80)78-51-71(52-79-64(81)44-54(4)38-36-34-32-30-28-26-24-22-20-18-2,49-76-61(72)41-39-55-45-57(67(5,6)7)65(74)58(46-55)68(8,9)10)50-77-62(73)42-40-56-47-59(69(11,12)13)66(75)60(48-56)70(14,15)16/h45-48,53-54,74-75H,17-44,49-52H2,1-16H3. The number of rotatable bonds is 40. The van der Waals surface area contributed by atoms with Crippen LogP contribution < -0.4 is 0 Å². The molecule has 0 radical (unpaired) electrons. The van der Waals surface area contributed by atoms with Gasteiger partial charge in [0.2, 0.25) is 0 Å². The summed E-state index contributed by atoms with van der Waals surface area (Å²) in [5, 5.41) is 23.7. The number of hydrogen-bond acceptors (Lipinski definition) is 10. The molecule has 0 saturated heterocycles. The highest BCUT2D eigenvalue weighted by molar-refractivity contribution is 7.80. The van der Waals surface area contributed by atoms with E-state index in [1.54, 1.807) is 0 Å². The van der Waals surface area contributed by atoms with Gasteiger partial charge in [0.1, 0.15) is 43.3 Å². The fraction of sp³-hybridized carbons (Fsp3) is 0.775. The van der Waals surface area contributed by atoms with Gasteiger partial charge in [-0.3, -0.25) is 9.59 Å². The van der Waals surface area contributed by atoms with E-state index in [2.05, 4.69) is 111 Å². The summed E-state index contributed by atoms with van der Waals surface area (Å²) in [6.07, 6.45) is 30.1. The van der Waals surface area contributed by atoms with Crippen LogP contribution in [0.3, 0.4) is 0 Å². The molecule has 2 unspecified atom stereocenters. The van der Waals surface area contributed by atoms with Gasteiger partial charge in [0.25, 0.3) is 0 Å². The van der Waals surface area contributed by atoms with Crippen molar-refractivity contribution in [1.82, 2.24) is 0 Å². The quantitative estimate of drug-likeness (QED) is 0.0380. The van der Waals surface area contributed by atoms with E-state index in [1.165, 1.54) is 116 Å². The van der Waals surface area contributed by atoms with E-state index >= 15 is 0 Å². The van der Waals surface area contributed by atoms with E-state index < -0.39 is 17.4 Å². The van der Waals surface area contributed by atoms with Crippen LogP contribution in [0.15, 0.2) is 24.3 Å². The molecule has 2 atom stereocenters. The summed E-state index contributed by atoms with van der Waals surface area (Å²) in [5.41, 5.74) is 2.83. The maximum absolute atomic E-state index is 14.0. The number of ether oxygens (including phenoxy) is 4. The Balaban J connectivity index is 2.41. The van der Waals surface area contributed by atoms with Crippen molar-refractivity contribution in [2.45, 2.75) is 312 Å². The highest BCUT2D eigenvalue weighted by atomic mass is 32.1. The molecule has 464 valence electrons. The van der Waals surface area contributed by atoms with Crippen molar-refractivity contribution in [3.63, 3.8) is 0 Å². The maximum atomic E-state index is 14.0. The van der Waals surface area contributed by atoms with E-state index in [0.717, 1.165) is 59.1 Å². The molecular weight excluding hydrogens is 1040 g/mol. The van der Waals surface area contributed by atoms with Crippen LogP contribution in [0.4, 0.5) is 0 Å². The molecule has 8 nitrogen and oxygen atoms in total. The van der Waals surface area contributed by atoms with Crippen molar-refractivity contribution < 1.29 is 38.7 Å². The predicted molar refractivity (Wildman–Crippen MR) is 350 cm³/mol. The van der Waals surface area contributed by atoms with Gasteiger partial charge in [-0.05, 0) is 104 Å². The highest BCUT2D eigenvalue weighted by Crippen LogP contribution is 2.42. The predicted octanol–water partition coefficient (Wildman–Crippen LogP) is 20.3. The molecular formula is C71H120O8S2. The largest absolute Gasteiger partial charge is 0.507 e. The van der Waals surface area contributed by atoms with Gasteiger partial charge in [-0.15, -0.1) is 0 Å². The smallest absolute Gasteiger partial charge is 0.306 e. The van der Waals surface area contributed by atoms with E-state index in [1.807, 2.05) is 24.3 Å². The Labute approximate surface area is 507 Å². The van der Waals surface area contributed by atoms with Gasteiger partial charge in [0.15, 0.2) is 10.1 Å². The molecule has 10 heteroatoms. The van der Waals surface area contributed by atoms with Gasteiger partial charge in [-0.2, -0.15) is 0 Å². The summed E-state index contributed by atoms with van der Waals surface area (Å²) < 4.78 is 25.5. The van der Waals surface area contributed by atoms with E-state index in [4.69, 9.17) is 43.4 Å². The van der Waals surface area contributed by atoms with E-state index in [9.17, 15) is 19.8 Å². The topological polar surface area (TPSA) is 112 Å². The van der Waals surface area contributed by atoms with Crippen molar-refractivity contribution in [2.24, 2.45) is 17.3 Å². The van der Waals surface area contributed by atoms with E-state index in [-0.39, 0.29) is 60.9 Å². The SMILES string of the molecule is CCCCCCCCCCCCC(C)CC(=S)OCC(COC(=O)CCc1cc(C(C)(C)C)c(O)c(C(C)(C)C)c1)(COC(=O)CCc1cc(C(C)(C)C)c(O)c(C(C)(C)C)c1)COC(=S)CC(C)CCCCCCCCCCCC. The van der Waals surface area contributed by atoms with Crippen LogP contribution in [0.2, 0.25) is 0 Å². The molecule has 2 aromatic rings. The normalized spacial score (nSPS) is 13.2. The van der Waals surface area contributed by atoms with Gasteiger partial charge < -0.3 is 29.2 Å². The maximum Gasteiger partial charge on any atom is 0.306 e. The van der Waals surface area contributed by atoms with Crippen LogP contribution >= 0.6 is 24.4 Å². The Kier molecular flexibility index (Phi) is 34.0. The van der Waals surface area contributed by atoms with Gasteiger partial charge in [-0.1, -0.05) is 276 Å². The molecule has 2 N–H and O–H groups in total. The molecule has 0 aromatic heterocycles. The van der Waals surface area contributed by atoms with Gasteiger partial charge in [-0.25, -0.2) is 0 Å². The molecule has 0 saturated carbocycles. The summed E-state index contributed by atoms with van der Waals surface area (Å²) in [4.78, 5) is 28.0. The van der Waals surface area contributed by atoms with Crippen LogP contribution in [0.1, 0.15) is 311 Å². The first-order valence-electron chi connectivity index (χ1n) is 32.3. The zero-order valence-corrected chi connectivity index (χ0v) is 56.4. The number of aryl methyl sites for hydroxylation is 2. The van der Waals surface area contributed by atoms with Crippen LogP contribution in [-0.2, 0) is 63.0 Å². The Morgan fingerprint density at radius 1 is 0.420 bits per heavy atom. The zero-order valence-electron chi connectivity index (χ0n) is 54.8. The number of esters is 2. The highest BCUT2D eigenvalue weighted by Gasteiger charge is 2.38. The number of phenols is 2. The zero-order chi connectivity index (χ0) is 60.9. The Morgan fingerprint density at radius 2 is 0.667 bits per heavy atom. The summed E-state index contributed by atoms with van der Waals surface area (Å²) in [5.74, 6) is 0.422. The summed E-state index contributed by atoms with van der Waals surface area (Å²) in [6.45, 7) is 33.7. The lowest BCUT2D eigenvalue weighted by atomic mass is 9.78. The van der Waals surface area contributed by atoms with Crippen LogP contribution in [0.25, 0.3) is 0 Å². The number of carbonyl (C=O) groups is 2. The average Bonchev–Trinajstić information content (AvgIpc) is 3.39. The first-order valence-corrected chi connectivity index (χ1v) is 33.1. The monoisotopic (exact) mass is 1160 g/mol. The number of aromatic hydroxyl groups is 2. The number of thiocarbonyl (C=S) groups is 2. The number of benzene rings is 2. The lowest BCUT2D eigenvalue weighted by Gasteiger charge is -2.33. The van der Waals surface area contributed by atoms with Gasteiger partial charge in [0, 0.05) is 25.7 Å². The molecule has 0 fully saturated rings. The molecule has 0 heterocycles. The van der Waals surface area contributed by atoms with Crippen molar-refractivity contribution >= 4 is 46.5 Å². The third-order valence-corrected chi connectivity index (χ3v) is 16.7. The first-order chi connectivity index (χ1) is 37.9. The second kappa shape index (κ2) is 37.2. The van der Waals surface area contributed by atoms with Crippen molar-refractivity contribution in [3.8, 4) is 11.5 Å². The van der Waals surface area contributed by atoms with Crippen molar-refractivity contribution in [3.05, 3.63) is 57.6 Å². The number of hydrogen-bond donors (Lipinski definition) is 2. The van der Waals surface area contributed by atoms with Crippen molar-refractivity contribution in [1.29, 1.82) is 0 Å². The number of phenolic OH excluding ortho intramolecular Hbond substituents is 2. The molecule has 0 aliphatic carbocycles. The first kappa shape index (κ1) is 73.9. The lowest BCUT2D eigenvalue weighted by Crippen LogP contribution is -2.44. The fourth-order valence-electron chi connectivity index (χ4n) is 10.6. The molecule has 0 aliphatic rings. The number of carbonyl (C=O) groups excluding carboxylic acids is 2. The Hall–Kier alpha value is -3.24. The number of unbranched alkanes of at least 4 members (excludes halogenated alkanes) is 18. The van der Waals surface area contributed by atoms with Crippen LogP contribution in [0.5, 0.6) is 11.5 Å². The van der Waals surface area contributed by atoms with Gasteiger partial charge >= 0.3 is 11.9 Å². The average molecular weight is 1170 g/mol. The van der Waals surface area contributed by atoms with Gasteiger partial charge in [0.05, 0.1) is 0 Å². The third-order valence-electron chi connectivity index (χ3n) is 16.1. The molecule has 2 aromatic carbocycles. The molecule has 0 aliphatic heterocycles. The fourth-order valence-corrected chi connectivity index (χ4v) is 11.3. The second-order valence-electron chi connectivity index (χ2n) is 28.8. The van der Waals surface area contributed by atoms with E-state index in [0.29, 0.717) is 59.1 Å². The minimum Gasteiger partial charge on any atom is -0.507 e. The Bertz CT molecular complexity index is 1930. The van der Waals surface area contributed by atoms with Crippen LogP contribution in [0, 0.1) is 17.3 Å². The molecule has 0 spiro atoms. The molecule has 81 heavy (non-hydrogen) atoms.